The minimum absolute atomic E-state index is 0.0772. The summed E-state index contributed by atoms with van der Waals surface area (Å²) in [6, 6.07) is 6.91. The Morgan fingerprint density at radius 1 is 1.08 bits per heavy atom. The number of nitrogens with one attached hydrogen (secondary N) is 3. The van der Waals surface area contributed by atoms with E-state index >= 15 is 0 Å². The number of aliphatic hydroxyl groups excluding tert-OH is 1. The number of amides is 1. The van der Waals surface area contributed by atoms with E-state index in [9.17, 15) is 23.7 Å². The van der Waals surface area contributed by atoms with Crippen molar-refractivity contribution in [3.63, 3.8) is 0 Å². The highest BCUT2D eigenvalue weighted by molar-refractivity contribution is 5.94. The van der Waals surface area contributed by atoms with Crippen LogP contribution in [-0.4, -0.2) is 35.6 Å². The molecule has 0 aliphatic rings. The number of hydrogen-bond donors (Lipinski definition) is 4. The van der Waals surface area contributed by atoms with Crippen LogP contribution in [0, 0.1) is 21.7 Å². The van der Waals surface area contributed by atoms with Gasteiger partial charge in [0.1, 0.15) is 0 Å². The Labute approximate surface area is 147 Å². The van der Waals surface area contributed by atoms with Gasteiger partial charge in [-0.1, -0.05) is 0 Å². The first-order chi connectivity index (χ1) is 12.4. The average Bonchev–Trinajstić information content (AvgIpc) is 2.61. The van der Waals surface area contributed by atoms with Crippen molar-refractivity contribution >= 4 is 28.7 Å². The van der Waals surface area contributed by atoms with Crippen molar-refractivity contribution in [1.29, 1.82) is 0 Å². The van der Waals surface area contributed by atoms with E-state index in [-0.39, 0.29) is 36.8 Å². The molecule has 0 aliphatic carbocycles. The van der Waals surface area contributed by atoms with E-state index in [0.717, 1.165) is 12.1 Å². The number of hydrogen-bond acceptors (Lipinski definition) is 6. The number of carbonyl (C=O) groups excluding carboxylic acids is 1. The second kappa shape index (κ2) is 8.72. The summed E-state index contributed by atoms with van der Waals surface area (Å²) in [6.07, 6.45) is 0. The lowest BCUT2D eigenvalue weighted by Crippen LogP contribution is -2.22. The van der Waals surface area contributed by atoms with Crippen LogP contribution in [0.1, 0.15) is 0 Å². The number of rotatable bonds is 8. The minimum atomic E-state index is -1.09. The van der Waals surface area contributed by atoms with Gasteiger partial charge < -0.3 is 21.1 Å². The van der Waals surface area contributed by atoms with E-state index in [1.807, 2.05) is 0 Å². The van der Waals surface area contributed by atoms with Gasteiger partial charge in [0.05, 0.1) is 29.4 Å². The summed E-state index contributed by atoms with van der Waals surface area (Å²) in [6.45, 7) is -0.200. The maximum atomic E-state index is 13.1. The molecule has 0 radical (unpaired) electrons. The van der Waals surface area contributed by atoms with Crippen LogP contribution in [0.3, 0.4) is 0 Å². The SMILES string of the molecule is O=C(CNc1cc([N+](=O)[O-])ccc1NCCO)Nc1ccc(F)c(F)c1. The first kappa shape index (κ1) is 19.1. The summed E-state index contributed by atoms with van der Waals surface area (Å²) in [7, 11) is 0. The number of nitro groups is 1. The maximum absolute atomic E-state index is 13.1. The van der Waals surface area contributed by atoms with Crippen molar-refractivity contribution in [2.75, 3.05) is 35.6 Å². The van der Waals surface area contributed by atoms with Crippen molar-refractivity contribution < 1.29 is 23.6 Å². The summed E-state index contributed by atoms with van der Waals surface area (Å²) in [5.41, 5.74) is 0.648. The molecule has 0 aromatic heterocycles. The van der Waals surface area contributed by atoms with E-state index in [1.54, 1.807) is 0 Å². The molecule has 10 heteroatoms. The molecular formula is C16H16F2N4O4. The van der Waals surface area contributed by atoms with Gasteiger partial charge in [-0.15, -0.1) is 0 Å². The number of aliphatic hydroxyl groups is 1. The lowest BCUT2D eigenvalue weighted by Gasteiger charge is -2.13. The zero-order valence-corrected chi connectivity index (χ0v) is 13.5. The molecule has 0 spiro atoms. The van der Waals surface area contributed by atoms with Crippen LogP contribution in [0.2, 0.25) is 0 Å². The van der Waals surface area contributed by atoms with E-state index in [0.29, 0.717) is 5.69 Å². The standard InChI is InChI=1S/C16H16F2N4O4/c17-12-3-1-10(7-13(12)18)21-16(24)9-20-15-8-11(22(25)26)2-4-14(15)19-5-6-23/h1-4,7-8,19-20,23H,5-6,9H2,(H,21,24). The zero-order valence-electron chi connectivity index (χ0n) is 13.5. The Balaban J connectivity index is 2.06. The first-order valence-electron chi connectivity index (χ1n) is 7.52. The summed E-state index contributed by atoms with van der Waals surface area (Å²) in [5, 5.41) is 27.7. The van der Waals surface area contributed by atoms with Gasteiger partial charge in [-0.25, -0.2) is 8.78 Å². The number of anilines is 3. The van der Waals surface area contributed by atoms with E-state index < -0.39 is 22.5 Å². The quantitative estimate of drug-likeness (QED) is 0.421. The van der Waals surface area contributed by atoms with Crippen molar-refractivity contribution in [2.45, 2.75) is 0 Å². The van der Waals surface area contributed by atoms with Gasteiger partial charge >= 0.3 is 0 Å². The Morgan fingerprint density at radius 3 is 2.50 bits per heavy atom. The lowest BCUT2D eigenvalue weighted by atomic mass is 10.2. The van der Waals surface area contributed by atoms with Gasteiger partial charge in [0, 0.05) is 30.4 Å². The van der Waals surface area contributed by atoms with E-state index in [4.69, 9.17) is 5.11 Å². The third kappa shape index (κ3) is 5.11. The molecule has 138 valence electrons. The molecule has 0 heterocycles. The second-order valence-electron chi connectivity index (χ2n) is 5.17. The first-order valence-corrected chi connectivity index (χ1v) is 7.52. The van der Waals surface area contributed by atoms with Crippen LogP contribution in [-0.2, 0) is 4.79 Å². The highest BCUT2D eigenvalue weighted by Crippen LogP contribution is 2.26. The van der Waals surface area contributed by atoms with Gasteiger partial charge in [-0.05, 0) is 18.2 Å². The Bertz CT molecular complexity index is 817. The molecule has 0 saturated heterocycles. The van der Waals surface area contributed by atoms with Crippen molar-refractivity contribution in [2.24, 2.45) is 0 Å². The Hall–Kier alpha value is -3.27. The fraction of sp³-hybridized carbons (Fsp3) is 0.188. The number of nitrogens with zero attached hydrogens (tertiary/aromatic N) is 1. The smallest absolute Gasteiger partial charge is 0.271 e. The van der Waals surface area contributed by atoms with Gasteiger partial charge in [-0.3, -0.25) is 14.9 Å². The van der Waals surface area contributed by atoms with Gasteiger partial charge in [0.15, 0.2) is 11.6 Å². The van der Waals surface area contributed by atoms with Crippen LogP contribution < -0.4 is 16.0 Å². The fourth-order valence-electron chi connectivity index (χ4n) is 2.09. The van der Waals surface area contributed by atoms with Crippen LogP contribution in [0.15, 0.2) is 36.4 Å². The van der Waals surface area contributed by atoms with Gasteiger partial charge in [0.25, 0.3) is 5.69 Å². The van der Waals surface area contributed by atoms with Gasteiger partial charge in [0.2, 0.25) is 5.91 Å². The molecule has 1 amide bonds. The van der Waals surface area contributed by atoms with Crippen molar-refractivity contribution in [3.8, 4) is 0 Å². The molecule has 2 aromatic rings. The summed E-state index contributed by atoms with van der Waals surface area (Å²) >= 11 is 0. The predicted molar refractivity (Wildman–Crippen MR) is 92.1 cm³/mol. The van der Waals surface area contributed by atoms with Gasteiger partial charge in [-0.2, -0.15) is 0 Å². The summed E-state index contributed by atoms with van der Waals surface area (Å²) in [4.78, 5) is 22.3. The molecule has 8 nitrogen and oxygen atoms in total. The largest absolute Gasteiger partial charge is 0.395 e. The normalized spacial score (nSPS) is 10.3. The number of benzene rings is 2. The molecule has 2 aromatic carbocycles. The highest BCUT2D eigenvalue weighted by Gasteiger charge is 2.12. The fourth-order valence-corrected chi connectivity index (χ4v) is 2.09. The van der Waals surface area contributed by atoms with Crippen LogP contribution in [0.4, 0.5) is 31.5 Å². The molecule has 0 unspecified atom stereocenters. The molecule has 2 rings (SSSR count). The van der Waals surface area contributed by atoms with E-state index in [1.165, 1.54) is 24.3 Å². The average molecular weight is 366 g/mol. The number of halogens is 2. The monoisotopic (exact) mass is 366 g/mol. The molecule has 0 saturated carbocycles. The molecule has 4 N–H and O–H groups in total. The highest BCUT2D eigenvalue weighted by atomic mass is 19.2. The van der Waals surface area contributed by atoms with Crippen molar-refractivity contribution in [3.05, 3.63) is 58.1 Å². The third-order valence-electron chi connectivity index (χ3n) is 3.28. The number of carbonyl (C=O) groups is 1. The second-order valence-corrected chi connectivity index (χ2v) is 5.17. The van der Waals surface area contributed by atoms with E-state index in [2.05, 4.69) is 16.0 Å². The minimum Gasteiger partial charge on any atom is -0.395 e. The number of nitro benzene ring substituents is 1. The lowest BCUT2D eigenvalue weighted by molar-refractivity contribution is -0.384. The molecule has 0 bridgehead atoms. The topological polar surface area (TPSA) is 117 Å². The predicted octanol–water partition coefficient (Wildman–Crippen LogP) is 2.33. The maximum Gasteiger partial charge on any atom is 0.271 e. The molecule has 0 fully saturated rings. The number of non-ortho nitro benzene ring substituents is 1. The van der Waals surface area contributed by atoms with Crippen molar-refractivity contribution in [1.82, 2.24) is 0 Å². The van der Waals surface area contributed by atoms with Crippen LogP contribution >= 0.6 is 0 Å². The molecular weight excluding hydrogens is 350 g/mol. The Kier molecular flexibility index (Phi) is 6.39. The Morgan fingerprint density at radius 2 is 1.85 bits per heavy atom. The zero-order chi connectivity index (χ0) is 19.1. The van der Waals surface area contributed by atoms with Crippen LogP contribution in [0.25, 0.3) is 0 Å². The summed E-state index contributed by atoms with van der Waals surface area (Å²) < 4.78 is 26.0. The van der Waals surface area contributed by atoms with Crippen LogP contribution in [0.5, 0.6) is 0 Å². The molecule has 26 heavy (non-hydrogen) atoms. The summed E-state index contributed by atoms with van der Waals surface area (Å²) in [5.74, 6) is -2.68. The molecule has 0 atom stereocenters. The molecule has 0 aliphatic heterocycles. The third-order valence-corrected chi connectivity index (χ3v) is 3.28.